The minimum Gasteiger partial charge on any atom is -0.508 e. The Bertz CT molecular complexity index is 593. The van der Waals surface area contributed by atoms with Crippen LogP contribution in [0.25, 0.3) is 0 Å². The van der Waals surface area contributed by atoms with Gasteiger partial charge in [-0.2, -0.15) is 8.42 Å². The molecule has 1 aromatic carbocycles. The van der Waals surface area contributed by atoms with E-state index in [2.05, 4.69) is 4.18 Å². The highest BCUT2D eigenvalue weighted by Gasteiger charge is 2.23. The minimum atomic E-state index is -4.64. The molecule has 2 rings (SSSR count). The third-order valence-electron chi connectivity index (χ3n) is 2.58. The lowest BCUT2D eigenvalue weighted by Gasteiger charge is -2.10. The second kappa shape index (κ2) is 5.06. The molecule has 104 valence electrons. The molecular weight excluding hydrogens is 276 g/mol. The number of rotatable bonds is 4. The maximum absolute atomic E-state index is 11.0. The molecule has 1 aromatic rings. The first-order valence-corrected chi connectivity index (χ1v) is 6.88. The zero-order valence-electron chi connectivity index (χ0n) is 9.77. The van der Waals surface area contributed by atoms with Crippen LogP contribution in [-0.2, 0) is 26.4 Å². The molecule has 1 fully saturated rings. The van der Waals surface area contributed by atoms with Crippen molar-refractivity contribution in [2.75, 3.05) is 0 Å². The molecule has 1 heterocycles. The molecule has 0 radical (unpaired) electrons. The zero-order chi connectivity index (χ0) is 14.0. The second-order valence-corrected chi connectivity index (χ2v) is 5.22. The summed E-state index contributed by atoms with van der Waals surface area (Å²) in [6, 6.07) is 3.81. The Balaban J connectivity index is 2.14. The van der Waals surface area contributed by atoms with E-state index in [1.54, 1.807) is 0 Å². The Hall–Kier alpha value is -1.80. The number of aromatic hydroxyl groups is 1. The highest BCUT2D eigenvalue weighted by molar-refractivity contribution is 7.81. The van der Waals surface area contributed by atoms with Crippen molar-refractivity contribution < 1.29 is 31.8 Å². The van der Waals surface area contributed by atoms with Crippen molar-refractivity contribution in [3.63, 3.8) is 0 Å². The van der Waals surface area contributed by atoms with Crippen LogP contribution in [0.2, 0.25) is 0 Å². The standard InChI is InChI=1S/C11H12O7S/c12-8-3-7(4-9-1-2-11(13)17-9)5-10(6-8)18-19(14,15)16/h3,5-6,9,12H,1-2,4H2,(H,14,15,16). The van der Waals surface area contributed by atoms with E-state index in [0.29, 0.717) is 24.8 Å². The summed E-state index contributed by atoms with van der Waals surface area (Å²) in [5.41, 5.74) is 0.540. The van der Waals surface area contributed by atoms with E-state index in [4.69, 9.17) is 9.29 Å². The van der Waals surface area contributed by atoms with Crippen molar-refractivity contribution in [1.29, 1.82) is 0 Å². The SMILES string of the molecule is O=C1CCC(Cc2cc(O)cc(OS(=O)(=O)O)c2)O1. The molecule has 1 unspecified atom stereocenters. The fraction of sp³-hybridized carbons (Fsp3) is 0.364. The molecule has 1 aliphatic rings. The average molecular weight is 288 g/mol. The van der Waals surface area contributed by atoms with Crippen molar-refractivity contribution in [3.05, 3.63) is 23.8 Å². The van der Waals surface area contributed by atoms with E-state index in [9.17, 15) is 18.3 Å². The Morgan fingerprint density at radius 1 is 1.37 bits per heavy atom. The summed E-state index contributed by atoms with van der Waals surface area (Å²) in [6.45, 7) is 0. The Morgan fingerprint density at radius 2 is 2.11 bits per heavy atom. The Kier molecular flexibility index (Phi) is 3.63. The molecule has 8 heteroatoms. The lowest BCUT2D eigenvalue weighted by atomic mass is 10.1. The van der Waals surface area contributed by atoms with Gasteiger partial charge in [-0.15, -0.1) is 0 Å². The van der Waals surface area contributed by atoms with Gasteiger partial charge in [0.2, 0.25) is 0 Å². The van der Waals surface area contributed by atoms with Crippen molar-refractivity contribution in [1.82, 2.24) is 0 Å². The van der Waals surface area contributed by atoms with Gasteiger partial charge in [0.15, 0.2) is 0 Å². The quantitative estimate of drug-likeness (QED) is 0.623. The van der Waals surface area contributed by atoms with Crippen LogP contribution in [0.1, 0.15) is 18.4 Å². The number of phenolic OH excluding ortho intramolecular Hbond substituents is 1. The molecule has 1 aliphatic heterocycles. The van der Waals surface area contributed by atoms with Gasteiger partial charge in [-0.1, -0.05) is 0 Å². The molecule has 1 saturated heterocycles. The van der Waals surface area contributed by atoms with Crippen LogP contribution in [0.15, 0.2) is 18.2 Å². The molecule has 0 spiro atoms. The summed E-state index contributed by atoms with van der Waals surface area (Å²) in [4.78, 5) is 11.0. The highest BCUT2D eigenvalue weighted by atomic mass is 32.3. The third-order valence-corrected chi connectivity index (χ3v) is 2.99. The van der Waals surface area contributed by atoms with E-state index in [1.165, 1.54) is 12.1 Å². The largest absolute Gasteiger partial charge is 0.508 e. The lowest BCUT2D eigenvalue weighted by molar-refractivity contribution is -0.141. The highest BCUT2D eigenvalue weighted by Crippen LogP contribution is 2.26. The van der Waals surface area contributed by atoms with Crippen LogP contribution in [-0.4, -0.2) is 30.2 Å². The fourth-order valence-corrected chi connectivity index (χ4v) is 2.26. The fourth-order valence-electron chi connectivity index (χ4n) is 1.92. The summed E-state index contributed by atoms with van der Waals surface area (Å²) in [5.74, 6) is -0.693. The van der Waals surface area contributed by atoms with E-state index >= 15 is 0 Å². The predicted octanol–water partition coefficient (Wildman–Crippen LogP) is 0.822. The first-order chi connectivity index (χ1) is 8.82. The van der Waals surface area contributed by atoms with Crippen molar-refractivity contribution >= 4 is 16.4 Å². The summed E-state index contributed by atoms with van der Waals surface area (Å²) in [7, 11) is -4.64. The van der Waals surface area contributed by atoms with Gasteiger partial charge in [-0.25, -0.2) is 0 Å². The minimum absolute atomic E-state index is 0.207. The normalized spacial score (nSPS) is 19.2. The number of hydrogen-bond donors (Lipinski definition) is 2. The maximum Gasteiger partial charge on any atom is 0.446 e. The van der Waals surface area contributed by atoms with Crippen LogP contribution >= 0.6 is 0 Å². The number of ether oxygens (including phenoxy) is 1. The van der Waals surface area contributed by atoms with Crippen LogP contribution in [0.4, 0.5) is 0 Å². The summed E-state index contributed by atoms with van der Waals surface area (Å²) in [6.07, 6.45) is 0.955. The van der Waals surface area contributed by atoms with E-state index in [-0.39, 0.29) is 23.6 Å². The molecule has 7 nitrogen and oxygen atoms in total. The number of carbonyl (C=O) groups is 1. The summed E-state index contributed by atoms with van der Waals surface area (Å²) >= 11 is 0. The summed E-state index contributed by atoms with van der Waals surface area (Å²) < 4.78 is 39.0. The van der Waals surface area contributed by atoms with Crippen LogP contribution < -0.4 is 4.18 Å². The van der Waals surface area contributed by atoms with Gasteiger partial charge in [-0.3, -0.25) is 9.35 Å². The average Bonchev–Trinajstić information content (AvgIpc) is 2.60. The van der Waals surface area contributed by atoms with Gasteiger partial charge >= 0.3 is 16.4 Å². The molecule has 0 saturated carbocycles. The molecule has 0 amide bonds. The van der Waals surface area contributed by atoms with Gasteiger partial charge in [0, 0.05) is 18.9 Å². The number of benzene rings is 1. The molecular formula is C11H12O7S. The maximum atomic E-state index is 11.0. The van der Waals surface area contributed by atoms with Crippen LogP contribution in [0, 0.1) is 0 Å². The van der Waals surface area contributed by atoms with Gasteiger partial charge in [0.05, 0.1) is 0 Å². The van der Waals surface area contributed by atoms with E-state index in [0.717, 1.165) is 6.07 Å². The summed E-state index contributed by atoms with van der Waals surface area (Å²) in [5, 5.41) is 9.45. The first kappa shape index (κ1) is 13.6. The first-order valence-electron chi connectivity index (χ1n) is 5.51. The number of cyclic esters (lactones) is 1. The number of esters is 1. The molecule has 1 atom stereocenters. The van der Waals surface area contributed by atoms with Crippen molar-refractivity contribution in [3.8, 4) is 11.5 Å². The zero-order valence-corrected chi connectivity index (χ0v) is 10.6. The molecule has 19 heavy (non-hydrogen) atoms. The molecule has 2 N–H and O–H groups in total. The monoisotopic (exact) mass is 288 g/mol. The molecule has 0 aromatic heterocycles. The topological polar surface area (TPSA) is 110 Å². The van der Waals surface area contributed by atoms with E-state index in [1.807, 2.05) is 0 Å². The van der Waals surface area contributed by atoms with Gasteiger partial charge in [-0.05, 0) is 24.1 Å². The Labute approximate surface area is 109 Å². The van der Waals surface area contributed by atoms with Gasteiger partial charge < -0.3 is 14.0 Å². The van der Waals surface area contributed by atoms with Gasteiger partial charge in [0.25, 0.3) is 0 Å². The smallest absolute Gasteiger partial charge is 0.446 e. The molecule has 0 bridgehead atoms. The van der Waals surface area contributed by atoms with Crippen molar-refractivity contribution in [2.45, 2.75) is 25.4 Å². The molecule has 0 aliphatic carbocycles. The van der Waals surface area contributed by atoms with E-state index < -0.39 is 10.4 Å². The second-order valence-electron chi connectivity index (χ2n) is 4.20. The predicted molar refractivity (Wildman–Crippen MR) is 63.1 cm³/mol. The number of carbonyl (C=O) groups excluding carboxylic acids is 1. The van der Waals surface area contributed by atoms with Crippen LogP contribution in [0.5, 0.6) is 11.5 Å². The lowest BCUT2D eigenvalue weighted by Crippen LogP contribution is -2.11. The number of phenols is 1. The van der Waals surface area contributed by atoms with Crippen LogP contribution in [0.3, 0.4) is 0 Å². The van der Waals surface area contributed by atoms with Gasteiger partial charge in [0.1, 0.15) is 17.6 Å². The Morgan fingerprint density at radius 3 is 2.68 bits per heavy atom. The van der Waals surface area contributed by atoms with Crippen molar-refractivity contribution in [2.24, 2.45) is 0 Å². The number of hydrogen-bond acceptors (Lipinski definition) is 6. The third kappa shape index (κ3) is 4.11.